The maximum Gasteiger partial charge on any atom is 0.144 e. The number of aliphatic hydroxyl groups excluding tert-OH is 1. The molecule has 0 saturated carbocycles. The van der Waals surface area contributed by atoms with Gasteiger partial charge in [-0.1, -0.05) is 6.92 Å². The lowest BCUT2D eigenvalue weighted by molar-refractivity contribution is 0.00356. The zero-order valence-corrected chi connectivity index (χ0v) is 11.3. The van der Waals surface area contributed by atoms with E-state index in [0.29, 0.717) is 25.4 Å². The standard InChI is InChI=1S/C14H22N2O3/c1-2-6-19-14-8-11(3-4-13(14)15)16-5-7-18-12(9-16)10-17/h3-4,8,12,17H,2,5-7,9-10,15H2,1H3. The number of rotatable bonds is 5. The monoisotopic (exact) mass is 266 g/mol. The van der Waals surface area contributed by atoms with Gasteiger partial charge in [0.1, 0.15) is 5.75 Å². The Morgan fingerprint density at radius 1 is 1.53 bits per heavy atom. The third kappa shape index (κ3) is 3.52. The van der Waals surface area contributed by atoms with Crippen LogP contribution in [0.4, 0.5) is 11.4 Å². The lowest BCUT2D eigenvalue weighted by Crippen LogP contribution is -2.44. The van der Waals surface area contributed by atoms with Crippen LogP contribution in [0.5, 0.6) is 5.75 Å². The minimum Gasteiger partial charge on any atom is -0.491 e. The van der Waals surface area contributed by atoms with E-state index in [9.17, 15) is 5.11 Å². The molecule has 19 heavy (non-hydrogen) atoms. The highest BCUT2D eigenvalue weighted by atomic mass is 16.5. The molecule has 0 aromatic heterocycles. The minimum atomic E-state index is -0.119. The molecule has 3 N–H and O–H groups in total. The molecule has 0 spiro atoms. The van der Waals surface area contributed by atoms with Crippen molar-refractivity contribution in [3.63, 3.8) is 0 Å². The van der Waals surface area contributed by atoms with E-state index in [-0.39, 0.29) is 12.7 Å². The van der Waals surface area contributed by atoms with Crippen LogP contribution in [0.1, 0.15) is 13.3 Å². The molecule has 0 aliphatic carbocycles. The highest BCUT2D eigenvalue weighted by molar-refractivity contribution is 5.62. The Bertz CT molecular complexity index is 412. The summed E-state index contributed by atoms with van der Waals surface area (Å²) < 4.78 is 11.1. The minimum absolute atomic E-state index is 0.0463. The van der Waals surface area contributed by atoms with E-state index < -0.39 is 0 Å². The third-order valence-corrected chi connectivity index (χ3v) is 3.17. The van der Waals surface area contributed by atoms with Crippen LogP contribution in [0.25, 0.3) is 0 Å². The first-order chi connectivity index (χ1) is 9.24. The van der Waals surface area contributed by atoms with Crippen LogP contribution in [0.2, 0.25) is 0 Å². The Balaban J connectivity index is 2.10. The summed E-state index contributed by atoms with van der Waals surface area (Å²) in [5.74, 6) is 0.728. The number of nitrogen functional groups attached to an aromatic ring is 1. The van der Waals surface area contributed by atoms with E-state index in [1.54, 1.807) is 0 Å². The fourth-order valence-electron chi connectivity index (χ4n) is 2.12. The first-order valence-corrected chi connectivity index (χ1v) is 6.74. The molecule has 1 atom stereocenters. The predicted molar refractivity (Wildman–Crippen MR) is 75.7 cm³/mol. The van der Waals surface area contributed by atoms with Crippen molar-refractivity contribution in [3.05, 3.63) is 18.2 Å². The van der Waals surface area contributed by atoms with Crippen molar-refractivity contribution < 1.29 is 14.6 Å². The fraction of sp³-hybridized carbons (Fsp3) is 0.571. The van der Waals surface area contributed by atoms with Gasteiger partial charge in [0.2, 0.25) is 0 Å². The molecular weight excluding hydrogens is 244 g/mol. The van der Waals surface area contributed by atoms with Gasteiger partial charge in [-0.3, -0.25) is 0 Å². The molecule has 1 heterocycles. The molecule has 0 radical (unpaired) electrons. The van der Waals surface area contributed by atoms with Crippen LogP contribution < -0.4 is 15.4 Å². The molecule has 1 aliphatic rings. The third-order valence-electron chi connectivity index (χ3n) is 3.17. The van der Waals surface area contributed by atoms with Gasteiger partial charge in [0.25, 0.3) is 0 Å². The first-order valence-electron chi connectivity index (χ1n) is 6.74. The van der Waals surface area contributed by atoms with Crippen molar-refractivity contribution in [2.24, 2.45) is 0 Å². The molecule has 1 aromatic carbocycles. The normalized spacial score (nSPS) is 19.5. The van der Waals surface area contributed by atoms with E-state index in [1.807, 2.05) is 18.2 Å². The predicted octanol–water partition coefficient (Wildman–Crippen LogP) is 1.26. The molecular formula is C14H22N2O3. The summed E-state index contributed by atoms with van der Waals surface area (Å²) >= 11 is 0. The molecule has 1 unspecified atom stereocenters. The molecule has 0 amide bonds. The maximum absolute atomic E-state index is 9.17. The van der Waals surface area contributed by atoms with Gasteiger partial charge < -0.3 is 25.2 Å². The summed E-state index contributed by atoms with van der Waals surface area (Å²) in [6.07, 6.45) is 0.833. The molecule has 5 nitrogen and oxygen atoms in total. The fourth-order valence-corrected chi connectivity index (χ4v) is 2.12. The van der Waals surface area contributed by atoms with E-state index >= 15 is 0 Å². The van der Waals surface area contributed by atoms with E-state index in [0.717, 1.165) is 24.4 Å². The van der Waals surface area contributed by atoms with E-state index in [4.69, 9.17) is 15.2 Å². The SMILES string of the molecule is CCCOc1cc(N2CCOC(CO)C2)ccc1N. The number of anilines is 2. The molecule has 0 bridgehead atoms. The van der Waals surface area contributed by atoms with Crippen molar-refractivity contribution in [2.45, 2.75) is 19.4 Å². The van der Waals surface area contributed by atoms with Crippen molar-refractivity contribution in [1.82, 2.24) is 0 Å². The Morgan fingerprint density at radius 3 is 3.11 bits per heavy atom. The number of benzene rings is 1. The van der Waals surface area contributed by atoms with Crippen molar-refractivity contribution >= 4 is 11.4 Å². The van der Waals surface area contributed by atoms with E-state index in [2.05, 4.69) is 11.8 Å². The van der Waals surface area contributed by atoms with Gasteiger partial charge in [-0.05, 0) is 18.6 Å². The van der Waals surface area contributed by atoms with Gasteiger partial charge in [-0.2, -0.15) is 0 Å². The Kier molecular flexibility index (Phi) is 4.87. The van der Waals surface area contributed by atoms with Crippen LogP contribution in [0, 0.1) is 0 Å². The smallest absolute Gasteiger partial charge is 0.144 e. The highest BCUT2D eigenvalue weighted by Gasteiger charge is 2.20. The van der Waals surface area contributed by atoms with Crippen molar-refractivity contribution in [1.29, 1.82) is 0 Å². The molecule has 5 heteroatoms. The number of nitrogens with zero attached hydrogens (tertiary/aromatic N) is 1. The number of aliphatic hydroxyl groups is 1. The number of hydrogen-bond acceptors (Lipinski definition) is 5. The number of ether oxygens (including phenoxy) is 2. The Morgan fingerprint density at radius 2 is 2.37 bits per heavy atom. The van der Waals surface area contributed by atoms with Gasteiger partial charge in [-0.25, -0.2) is 0 Å². The number of nitrogens with two attached hydrogens (primary N) is 1. The summed E-state index contributed by atoms with van der Waals surface area (Å²) in [6.45, 7) is 4.90. The van der Waals surface area contributed by atoms with Crippen LogP contribution in [-0.4, -0.2) is 44.1 Å². The number of hydrogen-bond donors (Lipinski definition) is 2. The second kappa shape index (κ2) is 6.63. The molecule has 1 aliphatic heterocycles. The van der Waals surface area contributed by atoms with Gasteiger partial charge in [0.15, 0.2) is 0 Å². The topological polar surface area (TPSA) is 68.0 Å². The zero-order valence-electron chi connectivity index (χ0n) is 11.3. The Labute approximate surface area is 113 Å². The summed E-state index contributed by atoms with van der Waals surface area (Å²) in [6, 6.07) is 5.81. The lowest BCUT2D eigenvalue weighted by atomic mass is 10.2. The van der Waals surface area contributed by atoms with Gasteiger partial charge in [0.05, 0.1) is 31.6 Å². The van der Waals surface area contributed by atoms with Gasteiger partial charge >= 0.3 is 0 Å². The summed E-state index contributed by atoms with van der Waals surface area (Å²) in [7, 11) is 0. The van der Waals surface area contributed by atoms with E-state index in [1.165, 1.54) is 0 Å². The first kappa shape index (κ1) is 14.0. The van der Waals surface area contributed by atoms with Gasteiger partial charge in [0, 0.05) is 24.8 Å². The zero-order chi connectivity index (χ0) is 13.7. The average Bonchev–Trinajstić information content (AvgIpc) is 2.46. The van der Waals surface area contributed by atoms with Gasteiger partial charge in [-0.15, -0.1) is 0 Å². The van der Waals surface area contributed by atoms with Crippen LogP contribution in [0.15, 0.2) is 18.2 Å². The molecule has 106 valence electrons. The van der Waals surface area contributed by atoms with Crippen molar-refractivity contribution in [3.8, 4) is 5.75 Å². The van der Waals surface area contributed by atoms with Crippen LogP contribution in [0.3, 0.4) is 0 Å². The Hall–Kier alpha value is -1.46. The average molecular weight is 266 g/mol. The second-order valence-electron chi connectivity index (χ2n) is 4.69. The molecule has 2 rings (SSSR count). The maximum atomic E-state index is 9.17. The molecule has 1 fully saturated rings. The largest absolute Gasteiger partial charge is 0.491 e. The highest BCUT2D eigenvalue weighted by Crippen LogP contribution is 2.28. The molecule has 1 saturated heterocycles. The summed E-state index contributed by atoms with van der Waals surface area (Å²) in [5, 5.41) is 9.17. The van der Waals surface area contributed by atoms with Crippen LogP contribution >= 0.6 is 0 Å². The quantitative estimate of drug-likeness (QED) is 0.785. The summed E-state index contributed by atoms with van der Waals surface area (Å²) in [4.78, 5) is 2.18. The lowest BCUT2D eigenvalue weighted by Gasteiger charge is -2.34. The number of morpholine rings is 1. The van der Waals surface area contributed by atoms with Crippen LogP contribution in [-0.2, 0) is 4.74 Å². The van der Waals surface area contributed by atoms with Crippen molar-refractivity contribution in [2.75, 3.05) is 43.5 Å². The summed E-state index contributed by atoms with van der Waals surface area (Å²) in [5.41, 5.74) is 7.62. The second-order valence-corrected chi connectivity index (χ2v) is 4.69. The molecule has 1 aromatic rings.